The summed E-state index contributed by atoms with van der Waals surface area (Å²) in [5.74, 6) is -1.08. The van der Waals surface area contributed by atoms with Crippen molar-refractivity contribution < 1.29 is 23.9 Å². The van der Waals surface area contributed by atoms with Gasteiger partial charge < -0.3 is 14.8 Å². The smallest absolute Gasteiger partial charge is 0.328 e. The Morgan fingerprint density at radius 3 is 2.30 bits per heavy atom. The highest BCUT2D eigenvalue weighted by Gasteiger charge is 2.27. The molecule has 2 atom stereocenters. The molecule has 0 fully saturated rings. The highest BCUT2D eigenvalue weighted by Crippen LogP contribution is 2.08. The summed E-state index contributed by atoms with van der Waals surface area (Å²) in [4.78, 5) is 36.4. The minimum atomic E-state index is -0.731. The number of carbonyl (C=O) groups excluding carboxylic acids is 3. The summed E-state index contributed by atoms with van der Waals surface area (Å²) in [6, 6.07) is 8.04. The highest BCUT2D eigenvalue weighted by molar-refractivity contribution is 5.88. The van der Waals surface area contributed by atoms with Crippen molar-refractivity contribution in [3.63, 3.8) is 0 Å². The highest BCUT2D eigenvalue weighted by atomic mass is 16.5. The van der Waals surface area contributed by atoms with Gasteiger partial charge in [-0.1, -0.05) is 44.2 Å². The fourth-order valence-electron chi connectivity index (χ4n) is 2.63. The number of esters is 2. The van der Waals surface area contributed by atoms with Gasteiger partial charge in [0, 0.05) is 0 Å². The Bertz CT molecular complexity index is 604. The van der Waals surface area contributed by atoms with Gasteiger partial charge in [-0.3, -0.25) is 14.9 Å². The molecule has 27 heavy (non-hydrogen) atoms. The van der Waals surface area contributed by atoms with Crippen LogP contribution in [0.15, 0.2) is 30.3 Å². The lowest BCUT2D eigenvalue weighted by Crippen LogP contribution is -2.52. The number of methoxy groups -OCH3 is 1. The second kappa shape index (κ2) is 12.1. The average Bonchev–Trinajstić information content (AvgIpc) is 2.64. The van der Waals surface area contributed by atoms with E-state index in [0.717, 1.165) is 5.56 Å². The van der Waals surface area contributed by atoms with Crippen molar-refractivity contribution in [3.8, 4) is 0 Å². The fraction of sp³-hybridized carbons (Fsp3) is 0.550. The van der Waals surface area contributed by atoms with Crippen LogP contribution in [0.25, 0.3) is 0 Å². The first-order valence-electron chi connectivity index (χ1n) is 9.18. The lowest BCUT2D eigenvalue weighted by Gasteiger charge is -2.23. The molecule has 7 heteroatoms. The molecular formula is C20H30N2O5. The van der Waals surface area contributed by atoms with E-state index in [4.69, 9.17) is 9.47 Å². The van der Waals surface area contributed by atoms with Crippen LogP contribution in [0, 0.1) is 5.92 Å². The number of ether oxygens (including phenoxy) is 2. The molecule has 0 aromatic heterocycles. The number of hydrogen-bond donors (Lipinski definition) is 2. The summed E-state index contributed by atoms with van der Waals surface area (Å²) in [6.07, 6.45) is 0.843. The van der Waals surface area contributed by atoms with Gasteiger partial charge in [0.1, 0.15) is 6.04 Å². The van der Waals surface area contributed by atoms with Gasteiger partial charge in [-0.15, -0.1) is 0 Å². The van der Waals surface area contributed by atoms with Crippen LogP contribution >= 0.6 is 0 Å². The van der Waals surface area contributed by atoms with Gasteiger partial charge in [0.05, 0.1) is 26.3 Å². The molecular weight excluding hydrogens is 348 g/mol. The molecule has 150 valence electrons. The Hall–Kier alpha value is -2.41. The summed E-state index contributed by atoms with van der Waals surface area (Å²) < 4.78 is 9.70. The molecule has 0 aliphatic rings. The largest absolute Gasteiger partial charge is 0.467 e. The topological polar surface area (TPSA) is 93.7 Å². The molecule has 7 nitrogen and oxygen atoms in total. The van der Waals surface area contributed by atoms with Crippen molar-refractivity contribution in [2.24, 2.45) is 5.92 Å². The number of nitrogens with one attached hydrogen (secondary N) is 2. The molecule has 0 saturated carbocycles. The Morgan fingerprint density at radius 2 is 1.74 bits per heavy atom. The quantitative estimate of drug-likeness (QED) is 0.566. The van der Waals surface area contributed by atoms with Crippen molar-refractivity contribution in [2.45, 2.75) is 45.7 Å². The number of rotatable bonds is 11. The SMILES string of the molecule is CCOC(=O)CN[C@H](Cc1ccccc1)C(=O)N[C@@H](CC(C)C)C(=O)OC. The first kappa shape index (κ1) is 22.6. The van der Waals surface area contributed by atoms with Crippen molar-refractivity contribution in [1.29, 1.82) is 0 Å². The van der Waals surface area contributed by atoms with E-state index in [2.05, 4.69) is 10.6 Å². The van der Waals surface area contributed by atoms with Gasteiger partial charge in [0.15, 0.2) is 0 Å². The van der Waals surface area contributed by atoms with Crippen LogP contribution in [-0.4, -0.2) is 50.2 Å². The van der Waals surface area contributed by atoms with Crippen LogP contribution in [0.5, 0.6) is 0 Å². The number of amides is 1. The predicted octanol–water partition coefficient (Wildman–Crippen LogP) is 1.45. The lowest BCUT2D eigenvalue weighted by atomic mass is 10.0. The van der Waals surface area contributed by atoms with Gasteiger partial charge in [-0.2, -0.15) is 0 Å². The molecule has 0 unspecified atom stereocenters. The van der Waals surface area contributed by atoms with Gasteiger partial charge in [0.2, 0.25) is 5.91 Å². The average molecular weight is 378 g/mol. The van der Waals surface area contributed by atoms with Crippen molar-refractivity contribution in [3.05, 3.63) is 35.9 Å². The molecule has 0 radical (unpaired) electrons. The maximum atomic E-state index is 12.8. The molecule has 0 aliphatic heterocycles. The first-order chi connectivity index (χ1) is 12.9. The normalized spacial score (nSPS) is 12.9. The van der Waals surface area contributed by atoms with Crippen LogP contribution in [-0.2, 0) is 30.3 Å². The third-order valence-electron chi connectivity index (χ3n) is 3.91. The summed E-state index contributed by atoms with van der Waals surface area (Å²) in [5, 5.41) is 5.68. The van der Waals surface area contributed by atoms with E-state index in [1.807, 2.05) is 44.2 Å². The number of carbonyl (C=O) groups is 3. The molecule has 1 aromatic rings. The van der Waals surface area contributed by atoms with Gasteiger partial charge in [0.25, 0.3) is 0 Å². The third kappa shape index (κ3) is 8.68. The monoisotopic (exact) mass is 378 g/mol. The maximum Gasteiger partial charge on any atom is 0.328 e. The van der Waals surface area contributed by atoms with Gasteiger partial charge in [-0.25, -0.2) is 4.79 Å². The molecule has 0 heterocycles. The number of benzene rings is 1. The van der Waals surface area contributed by atoms with E-state index >= 15 is 0 Å². The zero-order valence-corrected chi connectivity index (χ0v) is 16.5. The summed E-state index contributed by atoms with van der Waals surface area (Å²) in [5.41, 5.74) is 0.937. The zero-order valence-electron chi connectivity index (χ0n) is 16.5. The molecule has 1 aromatic carbocycles. The van der Waals surface area contributed by atoms with E-state index < -0.39 is 24.0 Å². The van der Waals surface area contributed by atoms with E-state index in [0.29, 0.717) is 12.8 Å². The number of hydrogen-bond acceptors (Lipinski definition) is 6. The van der Waals surface area contributed by atoms with Gasteiger partial charge >= 0.3 is 11.9 Å². The Labute approximate surface area is 160 Å². The Kier molecular flexibility index (Phi) is 10.1. The molecule has 0 saturated heterocycles. The first-order valence-corrected chi connectivity index (χ1v) is 9.18. The van der Waals surface area contributed by atoms with Crippen molar-refractivity contribution >= 4 is 17.8 Å². The second-order valence-corrected chi connectivity index (χ2v) is 6.64. The lowest BCUT2D eigenvalue weighted by molar-refractivity contribution is -0.146. The predicted molar refractivity (Wildman–Crippen MR) is 102 cm³/mol. The molecule has 2 N–H and O–H groups in total. The van der Waals surface area contributed by atoms with Crippen LogP contribution in [0.1, 0.15) is 32.8 Å². The Morgan fingerprint density at radius 1 is 1.07 bits per heavy atom. The standard InChI is InChI=1S/C20H30N2O5/c1-5-27-18(23)13-21-16(12-15-9-7-6-8-10-15)19(24)22-17(11-14(2)3)20(25)26-4/h6-10,14,16-17,21H,5,11-13H2,1-4H3,(H,22,24)/t16-,17+/m1/s1. The molecule has 0 spiro atoms. The van der Waals surface area contributed by atoms with Crippen LogP contribution in [0.2, 0.25) is 0 Å². The third-order valence-corrected chi connectivity index (χ3v) is 3.91. The maximum absolute atomic E-state index is 12.8. The van der Waals surface area contributed by atoms with E-state index in [-0.39, 0.29) is 25.0 Å². The molecule has 0 aliphatic carbocycles. The van der Waals surface area contributed by atoms with Crippen LogP contribution in [0.4, 0.5) is 0 Å². The summed E-state index contributed by atoms with van der Waals surface area (Å²) in [6.45, 7) is 5.82. The fourth-order valence-corrected chi connectivity index (χ4v) is 2.63. The zero-order chi connectivity index (χ0) is 20.2. The Balaban J connectivity index is 2.85. The summed E-state index contributed by atoms with van der Waals surface area (Å²) >= 11 is 0. The molecule has 1 amide bonds. The van der Waals surface area contributed by atoms with Crippen molar-refractivity contribution in [2.75, 3.05) is 20.3 Å². The molecule has 0 bridgehead atoms. The van der Waals surface area contributed by atoms with Crippen molar-refractivity contribution in [1.82, 2.24) is 10.6 Å². The van der Waals surface area contributed by atoms with E-state index in [9.17, 15) is 14.4 Å². The molecule has 1 rings (SSSR count). The summed E-state index contributed by atoms with van der Waals surface area (Å²) in [7, 11) is 1.29. The van der Waals surface area contributed by atoms with E-state index in [1.165, 1.54) is 7.11 Å². The minimum absolute atomic E-state index is 0.0914. The van der Waals surface area contributed by atoms with E-state index in [1.54, 1.807) is 6.92 Å². The van der Waals surface area contributed by atoms with Crippen LogP contribution in [0.3, 0.4) is 0 Å². The second-order valence-electron chi connectivity index (χ2n) is 6.64. The minimum Gasteiger partial charge on any atom is -0.467 e. The van der Waals surface area contributed by atoms with Gasteiger partial charge in [-0.05, 0) is 31.2 Å². The van der Waals surface area contributed by atoms with Crippen LogP contribution < -0.4 is 10.6 Å².